The number of imide groups is 1. The summed E-state index contributed by atoms with van der Waals surface area (Å²) in [4.78, 5) is 34.7. The van der Waals surface area contributed by atoms with E-state index in [1.165, 1.54) is 0 Å². The molecule has 5 nitrogen and oxygen atoms in total. The predicted molar refractivity (Wildman–Crippen MR) is 56.8 cm³/mol. The molecule has 1 rings (SSSR count). The molecule has 0 aliphatic carbocycles. The normalized spacial score (nSPS) is 18.7. The maximum Gasteiger partial charge on any atom is 0.327 e. The van der Waals surface area contributed by atoms with E-state index < -0.39 is 39.8 Å². The zero-order valence-corrected chi connectivity index (χ0v) is 10.0. The third kappa shape index (κ3) is 1.92. The Kier molecular flexibility index (Phi) is 3.60. The van der Waals surface area contributed by atoms with E-state index in [-0.39, 0.29) is 0 Å². The van der Waals surface area contributed by atoms with Gasteiger partial charge in [0.1, 0.15) is 16.1 Å². The Labute approximate surface area is 102 Å². The molecule has 1 heterocycles. The van der Waals surface area contributed by atoms with Gasteiger partial charge in [0.25, 0.3) is 11.8 Å². The molecule has 0 saturated carbocycles. The highest BCUT2D eigenvalue weighted by molar-refractivity contribution is 6.58. The Morgan fingerprint density at radius 1 is 1.19 bits per heavy atom. The minimum absolute atomic E-state index is 0.432. The summed E-state index contributed by atoms with van der Waals surface area (Å²) in [5.41, 5.74) is 0. The Balaban J connectivity index is 3.13. The summed E-state index contributed by atoms with van der Waals surface area (Å²) in [6, 6.07) is -1.26. The lowest BCUT2D eigenvalue weighted by molar-refractivity contribution is -0.155. The van der Waals surface area contributed by atoms with Crippen molar-refractivity contribution in [3.8, 4) is 0 Å². The van der Waals surface area contributed by atoms with Crippen LogP contribution in [0.1, 0.15) is 13.8 Å². The van der Waals surface area contributed by atoms with Gasteiger partial charge in [-0.2, -0.15) is 0 Å². The molecule has 0 aromatic rings. The van der Waals surface area contributed by atoms with Crippen LogP contribution in [0.15, 0.2) is 10.1 Å². The lowest BCUT2D eigenvalue weighted by Gasteiger charge is -2.25. The van der Waals surface area contributed by atoms with Crippen LogP contribution in [-0.2, 0) is 14.4 Å². The average molecular weight is 266 g/mol. The van der Waals surface area contributed by atoms with Gasteiger partial charge in [0, 0.05) is 0 Å². The topological polar surface area (TPSA) is 74.7 Å². The average Bonchev–Trinajstić information content (AvgIpc) is 2.34. The quantitative estimate of drug-likeness (QED) is 0.777. The summed E-state index contributed by atoms with van der Waals surface area (Å²) in [5, 5.41) is 8.10. The van der Waals surface area contributed by atoms with Crippen molar-refractivity contribution >= 4 is 41.0 Å². The van der Waals surface area contributed by atoms with Crippen molar-refractivity contribution in [2.75, 3.05) is 0 Å². The number of carbonyl (C=O) groups is 3. The minimum atomic E-state index is -1.27. The summed E-state index contributed by atoms with van der Waals surface area (Å²) < 4.78 is 0. The Hall–Kier alpha value is -1.07. The van der Waals surface area contributed by atoms with Crippen molar-refractivity contribution in [1.29, 1.82) is 0 Å². The van der Waals surface area contributed by atoms with E-state index in [0.29, 0.717) is 4.90 Å². The lowest BCUT2D eigenvalue weighted by Crippen LogP contribution is -2.48. The largest absolute Gasteiger partial charge is 0.480 e. The summed E-state index contributed by atoms with van der Waals surface area (Å²) in [6.45, 7) is 3.17. The van der Waals surface area contributed by atoms with Crippen molar-refractivity contribution in [1.82, 2.24) is 4.90 Å². The number of hydrogen-bond donors (Lipinski definition) is 1. The zero-order valence-electron chi connectivity index (χ0n) is 8.53. The van der Waals surface area contributed by atoms with Crippen molar-refractivity contribution in [3.05, 3.63) is 10.1 Å². The van der Waals surface area contributed by atoms with Crippen LogP contribution in [0.25, 0.3) is 0 Å². The van der Waals surface area contributed by atoms with Crippen LogP contribution >= 0.6 is 23.2 Å². The highest BCUT2D eigenvalue weighted by atomic mass is 35.5. The smallest absolute Gasteiger partial charge is 0.327 e. The van der Waals surface area contributed by atoms with Crippen LogP contribution < -0.4 is 0 Å². The molecule has 0 spiro atoms. The molecule has 0 radical (unpaired) electrons. The molecule has 7 heteroatoms. The van der Waals surface area contributed by atoms with Crippen LogP contribution in [0.5, 0.6) is 0 Å². The van der Waals surface area contributed by atoms with E-state index in [2.05, 4.69) is 0 Å². The van der Waals surface area contributed by atoms with Crippen molar-refractivity contribution in [2.45, 2.75) is 19.9 Å². The summed E-state index contributed by atoms with van der Waals surface area (Å²) in [5.74, 6) is -3.43. The molecule has 0 fully saturated rings. The first kappa shape index (κ1) is 13.0. The third-order valence-electron chi connectivity index (χ3n) is 2.17. The fraction of sp³-hybridized carbons (Fsp3) is 0.444. The van der Waals surface area contributed by atoms with Gasteiger partial charge in [-0.3, -0.25) is 14.5 Å². The van der Waals surface area contributed by atoms with Crippen LogP contribution in [0.3, 0.4) is 0 Å². The molecular weight excluding hydrogens is 257 g/mol. The first-order valence-electron chi connectivity index (χ1n) is 4.45. The monoisotopic (exact) mass is 265 g/mol. The summed E-state index contributed by atoms with van der Waals surface area (Å²) >= 11 is 11.0. The van der Waals surface area contributed by atoms with Crippen molar-refractivity contribution in [2.24, 2.45) is 5.92 Å². The molecule has 0 aromatic heterocycles. The molecule has 88 valence electrons. The van der Waals surface area contributed by atoms with Gasteiger partial charge in [-0.15, -0.1) is 0 Å². The number of carboxylic acids is 1. The molecule has 0 aromatic carbocycles. The molecule has 16 heavy (non-hydrogen) atoms. The van der Waals surface area contributed by atoms with Gasteiger partial charge in [-0.25, -0.2) is 4.79 Å². The van der Waals surface area contributed by atoms with E-state index in [1.807, 2.05) is 0 Å². The van der Waals surface area contributed by atoms with E-state index in [0.717, 1.165) is 0 Å². The van der Waals surface area contributed by atoms with E-state index in [4.69, 9.17) is 28.3 Å². The Bertz CT molecular complexity index is 378. The van der Waals surface area contributed by atoms with E-state index in [9.17, 15) is 14.4 Å². The van der Waals surface area contributed by atoms with Crippen LogP contribution in [0, 0.1) is 5.92 Å². The molecular formula is C9H9Cl2NO4. The molecule has 1 aliphatic rings. The Morgan fingerprint density at radius 3 is 1.81 bits per heavy atom. The SMILES string of the molecule is CC(C)[C@@H](C(=O)O)N1C(=O)C(Cl)=C(Cl)C1=O. The lowest BCUT2D eigenvalue weighted by atomic mass is 10.0. The fourth-order valence-corrected chi connectivity index (χ4v) is 1.78. The van der Waals surface area contributed by atoms with Gasteiger partial charge in [-0.1, -0.05) is 37.0 Å². The van der Waals surface area contributed by atoms with E-state index in [1.54, 1.807) is 13.8 Å². The number of rotatable bonds is 3. The molecule has 0 saturated heterocycles. The maximum atomic E-state index is 11.5. The second kappa shape index (κ2) is 4.43. The van der Waals surface area contributed by atoms with Crippen molar-refractivity contribution < 1.29 is 19.5 Å². The van der Waals surface area contributed by atoms with Gasteiger partial charge >= 0.3 is 5.97 Å². The van der Waals surface area contributed by atoms with Gasteiger partial charge in [-0.05, 0) is 5.92 Å². The number of carbonyl (C=O) groups excluding carboxylic acids is 2. The highest BCUT2D eigenvalue weighted by Gasteiger charge is 2.44. The van der Waals surface area contributed by atoms with Crippen LogP contribution in [0.2, 0.25) is 0 Å². The minimum Gasteiger partial charge on any atom is -0.480 e. The molecule has 1 atom stereocenters. The van der Waals surface area contributed by atoms with Gasteiger partial charge < -0.3 is 5.11 Å². The van der Waals surface area contributed by atoms with Gasteiger partial charge in [0.2, 0.25) is 0 Å². The third-order valence-corrected chi connectivity index (χ3v) is 2.97. The molecule has 0 unspecified atom stereocenters. The van der Waals surface area contributed by atoms with Crippen LogP contribution in [-0.4, -0.2) is 33.8 Å². The standard InChI is InChI=1S/C9H9Cl2NO4/c1-3(2)6(9(15)16)12-7(13)4(10)5(11)8(12)14/h3,6H,1-2H3,(H,15,16)/t6-/m0/s1. The molecule has 0 bridgehead atoms. The number of amides is 2. The van der Waals surface area contributed by atoms with Gasteiger partial charge in [0.15, 0.2) is 0 Å². The summed E-state index contributed by atoms with van der Waals surface area (Å²) in [6.07, 6.45) is 0. The fourth-order valence-electron chi connectivity index (χ4n) is 1.44. The van der Waals surface area contributed by atoms with E-state index >= 15 is 0 Å². The predicted octanol–water partition coefficient (Wildman–Crippen LogP) is 1.15. The van der Waals surface area contributed by atoms with Crippen LogP contribution in [0.4, 0.5) is 0 Å². The number of nitrogens with zero attached hydrogens (tertiary/aromatic N) is 1. The number of halogens is 2. The van der Waals surface area contributed by atoms with Gasteiger partial charge in [0.05, 0.1) is 0 Å². The maximum absolute atomic E-state index is 11.5. The number of aliphatic carboxylic acids is 1. The first-order chi connectivity index (χ1) is 7.29. The molecule has 1 aliphatic heterocycles. The number of hydrogen-bond acceptors (Lipinski definition) is 3. The number of carboxylic acid groups (broad SMARTS) is 1. The molecule has 1 N–H and O–H groups in total. The second-order valence-corrected chi connectivity index (χ2v) is 4.39. The first-order valence-corrected chi connectivity index (χ1v) is 5.20. The zero-order chi connectivity index (χ0) is 12.6. The molecule has 2 amide bonds. The van der Waals surface area contributed by atoms with Crippen molar-refractivity contribution in [3.63, 3.8) is 0 Å². The Morgan fingerprint density at radius 2 is 1.56 bits per heavy atom. The second-order valence-electron chi connectivity index (χ2n) is 3.64. The summed E-state index contributed by atoms with van der Waals surface area (Å²) in [7, 11) is 0. The highest BCUT2D eigenvalue weighted by Crippen LogP contribution is 2.30.